The van der Waals surface area contributed by atoms with Crippen LogP contribution in [0, 0.1) is 5.82 Å². The molecule has 3 amide bonds. The average molecular weight is 590 g/mol. The number of likely N-dealkylation sites (N-methyl/N-ethyl adjacent to an activating group) is 1. The minimum Gasteiger partial charge on any atom is -0.322 e. The van der Waals surface area contributed by atoms with Crippen LogP contribution in [0.4, 0.5) is 38.0 Å². The third-order valence-corrected chi connectivity index (χ3v) is 6.60. The molecule has 4 aromatic rings. The fourth-order valence-electron chi connectivity index (χ4n) is 4.39. The van der Waals surface area contributed by atoms with Crippen LogP contribution in [-0.2, 0) is 24.9 Å². The summed E-state index contributed by atoms with van der Waals surface area (Å²) in [6, 6.07) is 13.1. The number of aryl methyl sites for hydroxylation is 1. The third-order valence-electron chi connectivity index (χ3n) is 6.32. The van der Waals surface area contributed by atoms with Crippen LogP contribution in [-0.4, -0.2) is 62.1 Å². The van der Waals surface area contributed by atoms with Crippen molar-refractivity contribution in [1.82, 2.24) is 29.5 Å². The minimum absolute atomic E-state index is 0.0712. The summed E-state index contributed by atoms with van der Waals surface area (Å²) in [6.07, 6.45) is 6.37. The highest BCUT2D eigenvalue weighted by molar-refractivity contribution is 6.32. The molecule has 11 nitrogen and oxygen atoms in total. The van der Waals surface area contributed by atoms with Crippen molar-refractivity contribution in [2.75, 3.05) is 36.2 Å². The van der Waals surface area contributed by atoms with Gasteiger partial charge in [0.1, 0.15) is 5.82 Å². The number of hydrogen-bond acceptors (Lipinski definition) is 7. The SMILES string of the molecule is CN(C)C/C=C/C(=O)Nc1ccc(F)c(N2C(=O)N(Cc3ccccc3)Cc3cnc(Nc4cn(C)nc4Cl)nc32)c1. The van der Waals surface area contributed by atoms with Crippen LogP contribution < -0.4 is 15.5 Å². The van der Waals surface area contributed by atoms with Gasteiger partial charge in [0.25, 0.3) is 0 Å². The Kier molecular flexibility index (Phi) is 8.46. The molecule has 2 N–H and O–H groups in total. The molecule has 0 radical (unpaired) electrons. The van der Waals surface area contributed by atoms with Gasteiger partial charge in [-0.1, -0.05) is 48.0 Å². The van der Waals surface area contributed by atoms with Crippen LogP contribution in [0.1, 0.15) is 11.1 Å². The normalized spacial score (nSPS) is 13.1. The van der Waals surface area contributed by atoms with Crippen molar-refractivity contribution < 1.29 is 14.0 Å². The van der Waals surface area contributed by atoms with E-state index in [-0.39, 0.29) is 41.6 Å². The molecule has 0 atom stereocenters. The average Bonchev–Trinajstić information content (AvgIpc) is 3.27. The van der Waals surface area contributed by atoms with Crippen molar-refractivity contribution in [2.45, 2.75) is 13.1 Å². The lowest BCUT2D eigenvalue weighted by molar-refractivity contribution is -0.111. The van der Waals surface area contributed by atoms with Crippen LogP contribution in [0.3, 0.4) is 0 Å². The molecule has 0 saturated carbocycles. The van der Waals surface area contributed by atoms with E-state index < -0.39 is 11.8 Å². The molecule has 1 aliphatic rings. The molecule has 42 heavy (non-hydrogen) atoms. The van der Waals surface area contributed by atoms with Crippen molar-refractivity contribution in [3.63, 3.8) is 0 Å². The Balaban J connectivity index is 1.52. The number of fused-ring (bicyclic) bond motifs is 1. The van der Waals surface area contributed by atoms with Crippen molar-refractivity contribution in [2.24, 2.45) is 7.05 Å². The van der Waals surface area contributed by atoms with Crippen molar-refractivity contribution >= 4 is 52.4 Å². The summed E-state index contributed by atoms with van der Waals surface area (Å²) in [5.41, 5.74) is 2.23. The number of hydrogen-bond donors (Lipinski definition) is 2. The fraction of sp³-hybridized carbons (Fsp3) is 0.207. The summed E-state index contributed by atoms with van der Waals surface area (Å²) in [6.45, 7) is 1.08. The van der Waals surface area contributed by atoms with Crippen LogP contribution in [0.2, 0.25) is 5.15 Å². The van der Waals surface area contributed by atoms with Gasteiger partial charge in [-0.2, -0.15) is 10.1 Å². The molecular formula is C29H29ClFN9O2. The molecule has 2 aromatic heterocycles. The highest BCUT2D eigenvalue weighted by Crippen LogP contribution is 2.37. The number of rotatable bonds is 9. The van der Waals surface area contributed by atoms with Gasteiger partial charge in [-0.3, -0.25) is 9.48 Å². The Morgan fingerprint density at radius 3 is 2.69 bits per heavy atom. The second kappa shape index (κ2) is 12.4. The number of anilines is 5. The number of amides is 3. The maximum atomic E-state index is 15.5. The molecular weight excluding hydrogens is 561 g/mol. The lowest BCUT2D eigenvalue weighted by Gasteiger charge is -2.36. The third kappa shape index (κ3) is 6.56. The van der Waals surface area contributed by atoms with Gasteiger partial charge in [0.15, 0.2) is 11.0 Å². The molecule has 0 aliphatic carbocycles. The number of aromatic nitrogens is 4. The Morgan fingerprint density at radius 2 is 1.98 bits per heavy atom. The van der Waals surface area contributed by atoms with E-state index in [0.29, 0.717) is 23.5 Å². The van der Waals surface area contributed by atoms with Crippen LogP contribution >= 0.6 is 11.6 Å². The second-order valence-corrected chi connectivity index (χ2v) is 10.3. The van der Waals surface area contributed by atoms with E-state index in [4.69, 9.17) is 11.6 Å². The molecule has 13 heteroatoms. The Morgan fingerprint density at radius 1 is 1.19 bits per heavy atom. The fourth-order valence-corrected chi connectivity index (χ4v) is 4.61. The molecule has 0 spiro atoms. The molecule has 0 unspecified atom stereocenters. The topological polar surface area (TPSA) is 112 Å². The lowest BCUT2D eigenvalue weighted by atomic mass is 10.1. The number of carbonyl (C=O) groups excluding carboxylic acids is 2. The van der Waals surface area contributed by atoms with Crippen molar-refractivity contribution in [3.8, 4) is 0 Å². The summed E-state index contributed by atoms with van der Waals surface area (Å²) < 4.78 is 17.0. The Hall–Kier alpha value is -4.81. The largest absolute Gasteiger partial charge is 0.331 e. The number of benzene rings is 2. The first-order valence-electron chi connectivity index (χ1n) is 13.0. The van der Waals surface area contributed by atoms with E-state index >= 15 is 4.39 Å². The van der Waals surface area contributed by atoms with E-state index in [2.05, 4.69) is 25.7 Å². The van der Waals surface area contributed by atoms with E-state index in [1.54, 1.807) is 30.4 Å². The molecule has 2 aromatic carbocycles. The summed E-state index contributed by atoms with van der Waals surface area (Å²) >= 11 is 6.20. The molecule has 3 heterocycles. The smallest absolute Gasteiger partial charge is 0.322 e. The zero-order chi connectivity index (χ0) is 29.8. The summed E-state index contributed by atoms with van der Waals surface area (Å²) in [5.74, 6) is -0.697. The van der Waals surface area contributed by atoms with Crippen LogP contribution in [0.5, 0.6) is 0 Å². The zero-order valence-corrected chi connectivity index (χ0v) is 24.0. The monoisotopic (exact) mass is 589 g/mol. The maximum Gasteiger partial charge on any atom is 0.331 e. The zero-order valence-electron chi connectivity index (χ0n) is 23.3. The predicted molar refractivity (Wildman–Crippen MR) is 159 cm³/mol. The van der Waals surface area contributed by atoms with Crippen molar-refractivity contribution in [1.29, 1.82) is 0 Å². The number of carbonyl (C=O) groups is 2. The first-order chi connectivity index (χ1) is 20.2. The molecule has 0 bridgehead atoms. The number of nitrogens with one attached hydrogen (secondary N) is 2. The van der Waals surface area contributed by atoms with E-state index in [0.717, 1.165) is 5.56 Å². The molecule has 1 aliphatic heterocycles. The first-order valence-corrected chi connectivity index (χ1v) is 13.4. The molecule has 5 rings (SSSR count). The van der Waals surface area contributed by atoms with Crippen LogP contribution in [0.15, 0.2) is 73.1 Å². The summed E-state index contributed by atoms with van der Waals surface area (Å²) in [5, 5.41) is 10.1. The number of urea groups is 1. The van der Waals surface area contributed by atoms with Gasteiger partial charge in [-0.15, -0.1) is 0 Å². The standard InChI is InChI=1S/C29H29ClFN9O2/c1-37(2)13-7-10-25(41)33-21-11-12-22(31)24(14-21)40-27-20(17-39(29(40)42)16-19-8-5-4-6-9-19)15-32-28(35-27)34-23-18-38(3)36-26(23)30/h4-12,14-15,18H,13,16-17H2,1-3H3,(H,33,41)(H,32,34,35)/b10-7+. The quantitative estimate of drug-likeness (QED) is 0.262. The molecule has 0 saturated heterocycles. The maximum absolute atomic E-state index is 15.5. The van der Waals surface area contributed by atoms with E-state index in [1.807, 2.05) is 49.3 Å². The summed E-state index contributed by atoms with van der Waals surface area (Å²) in [4.78, 5) is 40.2. The predicted octanol–water partition coefficient (Wildman–Crippen LogP) is 5.08. The number of halogens is 2. The van der Waals surface area contributed by atoms with Gasteiger partial charge in [-0.05, 0) is 37.9 Å². The van der Waals surface area contributed by atoms with Gasteiger partial charge in [-0.25, -0.2) is 19.1 Å². The first kappa shape index (κ1) is 28.7. The lowest BCUT2D eigenvalue weighted by Crippen LogP contribution is -2.45. The summed E-state index contributed by atoms with van der Waals surface area (Å²) in [7, 11) is 5.50. The molecule has 0 fully saturated rings. The van der Waals surface area contributed by atoms with Gasteiger partial charge >= 0.3 is 6.03 Å². The minimum atomic E-state index is -0.666. The van der Waals surface area contributed by atoms with Gasteiger partial charge in [0.05, 0.1) is 17.9 Å². The van der Waals surface area contributed by atoms with E-state index in [9.17, 15) is 9.59 Å². The molecule has 216 valence electrons. The Labute approximate surface area is 247 Å². The second-order valence-electron chi connectivity index (χ2n) is 9.95. The van der Waals surface area contributed by atoms with Crippen molar-refractivity contribution in [3.05, 3.63) is 95.2 Å². The van der Waals surface area contributed by atoms with Crippen LogP contribution in [0.25, 0.3) is 0 Å². The highest BCUT2D eigenvalue weighted by atomic mass is 35.5. The van der Waals surface area contributed by atoms with Gasteiger partial charge in [0.2, 0.25) is 11.9 Å². The highest BCUT2D eigenvalue weighted by Gasteiger charge is 2.35. The Bertz CT molecular complexity index is 1640. The van der Waals surface area contributed by atoms with Gasteiger partial charge in [0, 0.05) is 49.9 Å². The van der Waals surface area contributed by atoms with Gasteiger partial charge < -0.3 is 20.4 Å². The number of nitrogens with zero attached hydrogens (tertiary/aromatic N) is 7. The van der Waals surface area contributed by atoms with E-state index in [1.165, 1.54) is 33.9 Å².